The van der Waals surface area contributed by atoms with Gasteiger partial charge in [0.05, 0.1) is 0 Å². The van der Waals surface area contributed by atoms with Gasteiger partial charge in [-0.25, -0.2) is 4.52 Å². The first-order valence-electron chi connectivity index (χ1n) is 7.04. The standard InChI is InChI=1S/C14H21N5/c1-10-5-3-7-13-17-14(18-19(10)13)16-11(2)12-6-4-8-15-9-12/h3,5,7,11-12,15H,4,6,8-9H2,1-2H3,(H,16,18). The summed E-state index contributed by atoms with van der Waals surface area (Å²) in [5.41, 5.74) is 2.00. The van der Waals surface area contributed by atoms with Gasteiger partial charge in [0.15, 0.2) is 5.65 Å². The van der Waals surface area contributed by atoms with Crippen LogP contribution in [0.1, 0.15) is 25.5 Å². The molecule has 0 bridgehead atoms. The summed E-state index contributed by atoms with van der Waals surface area (Å²) in [4.78, 5) is 4.53. The molecular formula is C14H21N5. The number of anilines is 1. The fourth-order valence-corrected chi connectivity index (χ4v) is 2.72. The number of rotatable bonds is 3. The Balaban J connectivity index is 1.75. The highest BCUT2D eigenvalue weighted by Crippen LogP contribution is 2.17. The van der Waals surface area contributed by atoms with Crippen molar-refractivity contribution in [1.29, 1.82) is 0 Å². The van der Waals surface area contributed by atoms with E-state index in [4.69, 9.17) is 0 Å². The molecule has 0 aromatic carbocycles. The summed E-state index contributed by atoms with van der Waals surface area (Å²) in [6.45, 7) is 6.49. The van der Waals surface area contributed by atoms with E-state index in [2.05, 4.69) is 27.6 Å². The van der Waals surface area contributed by atoms with Crippen LogP contribution < -0.4 is 10.6 Å². The average Bonchev–Trinajstić information content (AvgIpc) is 2.84. The van der Waals surface area contributed by atoms with Crippen LogP contribution in [0.2, 0.25) is 0 Å². The summed E-state index contributed by atoms with van der Waals surface area (Å²) in [6.07, 6.45) is 2.53. The maximum Gasteiger partial charge on any atom is 0.243 e. The SMILES string of the molecule is Cc1cccc2nc(NC(C)C3CCCNC3)nn12. The van der Waals surface area contributed by atoms with Crippen molar-refractivity contribution in [3.63, 3.8) is 0 Å². The fourth-order valence-electron chi connectivity index (χ4n) is 2.72. The molecule has 1 aliphatic rings. The fraction of sp³-hybridized carbons (Fsp3) is 0.571. The molecule has 0 amide bonds. The first-order chi connectivity index (χ1) is 9.24. The third-order valence-corrected chi connectivity index (χ3v) is 3.95. The maximum absolute atomic E-state index is 4.53. The second-order valence-electron chi connectivity index (χ2n) is 5.41. The minimum atomic E-state index is 0.394. The van der Waals surface area contributed by atoms with E-state index in [-0.39, 0.29) is 0 Å². The highest BCUT2D eigenvalue weighted by atomic mass is 15.4. The van der Waals surface area contributed by atoms with E-state index in [1.165, 1.54) is 12.8 Å². The summed E-state index contributed by atoms with van der Waals surface area (Å²) in [6, 6.07) is 6.43. The number of nitrogens with one attached hydrogen (secondary N) is 2. The molecule has 0 radical (unpaired) electrons. The van der Waals surface area contributed by atoms with E-state index in [0.717, 1.165) is 30.4 Å². The lowest BCUT2D eigenvalue weighted by molar-refractivity contribution is 0.346. The first-order valence-corrected chi connectivity index (χ1v) is 7.04. The molecule has 3 heterocycles. The van der Waals surface area contributed by atoms with Gasteiger partial charge in [0.1, 0.15) is 0 Å². The molecule has 1 fully saturated rings. The Bertz CT molecular complexity index is 556. The zero-order chi connectivity index (χ0) is 13.2. The molecule has 19 heavy (non-hydrogen) atoms. The van der Waals surface area contributed by atoms with Crippen LogP contribution in [0.4, 0.5) is 5.95 Å². The molecule has 2 atom stereocenters. The summed E-state index contributed by atoms with van der Waals surface area (Å²) in [5, 5.41) is 11.4. The molecule has 2 unspecified atom stereocenters. The minimum Gasteiger partial charge on any atom is -0.350 e. The molecule has 1 aliphatic heterocycles. The summed E-state index contributed by atoms with van der Waals surface area (Å²) in [7, 11) is 0. The molecule has 0 saturated carbocycles. The Kier molecular flexibility index (Phi) is 3.38. The number of hydrogen-bond acceptors (Lipinski definition) is 4. The third-order valence-electron chi connectivity index (χ3n) is 3.95. The van der Waals surface area contributed by atoms with Crippen molar-refractivity contribution in [2.45, 2.75) is 32.7 Å². The van der Waals surface area contributed by atoms with Crippen molar-refractivity contribution in [3.05, 3.63) is 23.9 Å². The predicted octanol–water partition coefficient (Wildman–Crippen LogP) is 1.84. The smallest absolute Gasteiger partial charge is 0.243 e. The van der Waals surface area contributed by atoms with E-state index in [9.17, 15) is 0 Å². The molecular weight excluding hydrogens is 238 g/mol. The quantitative estimate of drug-likeness (QED) is 0.883. The van der Waals surface area contributed by atoms with Crippen LogP contribution in [0.25, 0.3) is 5.65 Å². The normalized spacial score (nSPS) is 21.5. The van der Waals surface area contributed by atoms with Crippen molar-refractivity contribution in [2.24, 2.45) is 5.92 Å². The first kappa shape index (κ1) is 12.4. The second kappa shape index (κ2) is 5.17. The lowest BCUT2D eigenvalue weighted by Crippen LogP contribution is -2.39. The minimum absolute atomic E-state index is 0.394. The van der Waals surface area contributed by atoms with Crippen LogP contribution in [0, 0.1) is 12.8 Å². The van der Waals surface area contributed by atoms with Gasteiger partial charge >= 0.3 is 0 Å². The average molecular weight is 259 g/mol. The van der Waals surface area contributed by atoms with Crippen molar-refractivity contribution >= 4 is 11.6 Å². The van der Waals surface area contributed by atoms with Gasteiger partial charge in [-0.1, -0.05) is 6.07 Å². The Labute approximate surface area is 113 Å². The van der Waals surface area contributed by atoms with Gasteiger partial charge in [-0.05, 0) is 57.8 Å². The molecule has 5 heteroatoms. The van der Waals surface area contributed by atoms with Gasteiger partial charge in [-0.3, -0.25) is 0 Å². The Morgan fingerprint density at radius 3 is 3.11 bits per heavy atom. The van der Waals surface area contributed by atoms with Gasteiger partial charge in [0, 0.05) is 11.7 Å². The number of aromatic nitrogens is 3. The molecule has 2 aromatic rings. The monoisotopic (exact) mass is 259 g/mol. The number of nitrogens with zero attached hydrogens (tertiary/aromatic N) is 3. The summed E-state index contributed by atoms with van der Waals surface area (Å²) >= 11 is 0. The lowest BCUT2D eigenvalue weighted by atomic mass is 9.93. The van der Waals surface area contributed by atoms with Crippen LogP contribution >= 0.6 is 0 Å². The van der Waals surface area contributed by atoms with E-state index in [0.29, 0.717) is 12.0 Å². The van der Waals surface area contributed by atoms with Crippen molar-refractivity contribution < 1.29 is 0 Å². The highest BCUT2D eigenvalue weighted by molar-refractivity contribution is 5.44. The summed E-state index contributed by atoms with van der Waals surface area (Å²) < 4.78 is 1.88. The van der Waals surface area contributed by atoms with Crippen LogP contribution in [-0.4, -0.2) is 33.7 Å². The number of fused-ring (bicyclic) bond motifs is 1. The topological polar surface area (TPSA) is 54.2 Å². The lowest BCUT2D eigenvalue weighted by Gasteiger charge is -2.28. The number of piperidine rings is 1. The van der Waals surface area contributed by atoms with Gasteiger partial charge in [-0.15, -0.1) is 5.10 Å². The summed E-state index contributed by atoms with van der Waals surface area (Å²) in [5.74, 6) is 1.38. The molecule has 2 aromatic heterocycles. The molecule has 0 aliphatic carbocycles. The Morgan fingerprint density at radius 1 is 1.47 bits per heavy atom. The Hall–Kier alpha value is -1.62. The van der Waals surface area contributed by atoms with Crippen LogP contribution in [0.15, 0.2) is 18.2 Å². The highest BCUT2D eigenvalue weighted by Gasteiger charge is 2.20. The van der Waals surface area contributed by atoms with E-state index in [1.807, 2.05) is 29.6 Å². The molecule has 3 rings (SSSR count). The zero-order valence-electron chi connectivity index (χ0n) is 11.6. The second-order valence-corrected chi connectivity index (χ2v) is 5.41. The largest absolute Gasteiger partial charge is 0.350 e. The predicted molar refractivity (Wildman–Crippen MR) is 76.4 cm³/mol. The van der Waals surface area contributed by atoms with E-state index < -0.39 is 0 Å². The van der Waals surface area contributed by atoms with Crippen molar-refractivity contribution in [1.82, 2.24) is 19.9 Å². The zero-order valence-corrected chi connectivity index (χ0v) is 11.6. The molecule has 1 saturated heterocycles. The number of hydrogen-bond donors (Lipinski definition) is 2. The van der Waals surface area contributed by atoms with E-state index >= 15 is 0 Å². The number of aryl methyl sites for hydroxylation is 1. The van der Waals surface area contributed by atoms with Crippen LogP contribution in [0.3, 0.4) is 0 Å². The van der Waals surface area contributed by atoms with Gasteiger partial charge < -0.3 is 10.6 Å². The van der Waals surface area contributed by atoms with Crippen LogP contribution in [0.5, 0.6) is 0 Å². The molecule has 2 N–H and O–H groups in total. The van der Waals surface area contributed by atoms with Gasteiger partial charge in [-0.2, -0.15) is 4.98 Å². The van der Waals surface area contributed by atoms with Crippen molar-refractivity contribution in [3.8, 4) is 0 Å². The van der Waals surface area contributed by atoms with Gasteiger partial charge in [0.25, 0.3) is 0 Å². The maximum atomic E-state index is 4.53. The van der Waals surface area contributed by atoms with Crippen molar-refractivity contribution in [2.75, 3.05) is 18.4 Å². The third kappa shape index (κ3) is 2.56. The van der Waals surface area contributed by atoms with E-state index in [1.54, 1.807) is 0 Å². The molecule has 5 nitrogen and oxygen atoms in total. The number of pyridine rings is 1. The molecule has 102 valence electrons. The molecule has 0 spiro atoms. The van der Waals surface area contributed by atoms with Gasteiger partial charge in [0.2, 0.25) is 5.95 Å². The Morgan fingerprint density at radius 2 is 2.37 bits per heavy atom. The van der Waals surface area contributed by atoms with Crippen LogP contribution in [-0.2, 0) is 0 Å².